The number of nitrogens with two attached hydrogens (primary N) is 1. The number of carbonyl (C=O) groups excluding carboxylic acids is 1. The maximum Gasteiger partial charge on any atom is 0.387 e. The van der Waals surface area contributed by atoms with Crippen molar-refractivity contribution in [3.63, 3.8) is 0 Å². The molecule has 0 aliphatic heterocycles. The van der Waals surface area contributed by atoms with Crippen molar-refractivity contribution in [1.82, 2.24) is 5.32 Å². The second-order valence-electron chi connectivity index (χ2n) is 5.45. The molecule has 0 heterocycles. The normalized spacial score (nSPS) is 17.4. The third-order valence-electron chi connectivity index (χ3n) is 3.61. The molecule has 2 rings (SSSR count). The molecule has 4 nitrogen and oxygen atoms in total. The van der Waals surface area contributed by atoms with Crippen LogP contribution in [0.1, 0.15) is 37.8 Å². The van der Waals surface area contributed by atoms with Crippen LogP contribution in [0, 0.1) is 5.92 Å². The summed E-state index contributed by atoms with van der Waals surface area (Å²) in [6.45, 7) is -1.07. The molecule has 1 aromatic carbocycles. The van der Waals surface area contributed by atoms with E-state index in [1.807, 2.05) is 0 Å². The Morgan fingerprint density at radius 3 is 2.81 bits per heavy atom. The van der Waals surface area contributed by atoms with E-state index in [-0.39, 0.29) is 23.7 Å². The van der Waals surface area contributed by atoms with Crippen molar-refractivity contribution >= 4 is 5.91 Å². The van der Waals surface area contributed by atoms with E-state index in [1.165, 1.54) is 12.1 Å². The Labute approximate surface area is 122 Å². The van der Waals surface area contributed by atoms with Gasteiger partial charge in [0.25, 0.3) is 0 Å². The van der Waals surface area contributed by atoms with Crippen LogP contribution in [0.2, 0.25) is 0 Å². The molecule has 0 aromatic heterocycles. The Morgan fingerprint density at radius 1 is 1.48 bits per heavy atom. The van der Waals surface area contributed by atoms with E-state index in [2.05, 4.69) is 10.1 Å². The summed E-state index contributed by atoms with van der Waals surface area (Å²) in [5, 5.41) is 2.83. The minimum atomic E-state index is -2.86. The lowest BCUT2D eigenvalue weighted by Gasteiger charge is -2.17. The molecule has 0 spiro atoms. The number of hydrogen-bond donors (Lipinski definition) is 2. The summed E-state index contributed by atoms with van der Waals surface area (Å²) >= 11 is 0. The zero-order chi connectivity index (χ0) is 15.4. The summed E-state index contributed by atoms with van der Waals surface area (Å²) in [6, 6.07) is 5.94. The summed E-state index contributed by atoms with van der Waals surface area (Å²) in [5.41, 5.74) is 6.62. The molecule has 0 bridgehead atoms. The van der Waals surface area contributed by atoms with Crippen molar-refractivity contribution in [3.8, 4) is 5.75 Å². The highest BCUT2D eigenvalue weighted by Crippen LogP contribution is 2.32. The largest absolute Gasteiger partial charge is 0.435 e. The van der Waals surface area contributed by atoms with E-state index >= 15 is 0 Å². The topological polar surface area (TPSA) is 64.4 Å². The molecule has 0 saturated heterocycles. The van der Waals surface area contributed by atoms with Gasteiger partial charge in [0, 0.05) is 12.5 Å². The fourth-order valence-corrected chi connectivity index (χ4v) is 2.25. The number of nitrogens with one attached hydrogen (secondary N) is 1. The van der Waals surface area contributed by atoms with Crippen LogP contribution in [0.25, 0.3) is 0 Å². The first-order chi connectivity index (χ1) is 9.95. The SMILES string of the molecule is CC(NC(=O)CC(N)C1CC1)c1cccc(OC(F)F)c1. The number of halogens is 2. The molecule has 116 valence electrons. The Kier molecular flexibility index (Phi) is 5.12. The lowest BCUT2D eigenvalue weighted by molar-refractivity contribution is -0.122. The van der Waals surface area contributed by atoms with Crippen molar-refractivity contribution in [3.05, 3.63) is 29.8 Å². The van der Waals surface area contributed by atoms with Crippen LogP contribution in [0.5, 0.6) is 5.75 Å². The number of alkyl halides is 2. The van der Waals surface area contributed by atoms with Crippen LogP contribution in [-0.4, -0.2) is 18.6 Å². The summed E-state index contributed by atoms with van der Waals surface area (Å²) in [6.07, 6.45) is 2.48. The first-order valence-electron chi connectivity index (χ1n) is 7.05. The van der Waals surface area contributed by atoms with Crippen molar-refractivity contribution in [1.29, 1.82) is 0 Å². The molecular formula is C15H20F2N2O2. The molecule has 1 aliphatic carbocycles. The molecule has 1 aliphatic rings. The average molecular weight is 298 g/mol. The molecule has 2 unspecified atom stereocenters. The van der Waals surface area contributed by atoms with Crippen molar-refractivity contribution < 1.29 is 18.3 Å². The van der Waals surface area contributed by atoms with Gasteiger partial charge in [0.05, 0.1) is 6.04 Å². The minimum absolute atomic E-state index is 0.0817. The highest BCUT2D eigenvalue weighted by molar-refractivity contribution is 5.77. The zero-order valence-electron chi connectivity index (χ0n) is 11.9. The Bertz CT molecular complexity index is 492. The van der Waals surface area contributed by atoms with Crippen LogP contribution in [0.4, 0.5) is 8.78 Å². The maximum absolute atomic E-state index is 12.2. The van der Waals surface area contributed by atoms with E-state index in [0.717, 1.165) is 12.8 Å². The lowest BCUT2D eigenvalue weighted by Crippen LogP contribution is -2.34. The van der Waals surface area contributed by atoms with E-state index in [4.69, 9.17) is 5.73 Å². The molecule has 1 fully saturated rings. The first-order valence-corrected chi connectivity index (χ1v) is 7.05. The van der Waals surface area contributed by atoms with Gasteiger partial charge in [-0.25, -0.2) is 0 Å². The Balaban J connectivity index is 1.89. The van der Waals surface area contributed by atoms with Crippen LogP contribution >= 0.6 is 0 Å². The number of benzene rings is 1. The smallest absolute Gasteiger partial charge is 0.387 e. The van der Waals surface area contributed by atoms with Crippen molar-refractivity contribution in [2.24, 2.45) is 11.7 Å². The minimum Gasteiger partial charge on any atom is -0.435 e. The number of carbonyl (C=O) groups is 1. The molecular weight excluding hydrogens is 278 g/mol. The number of amides is 1. The van der Waals surface area contributed by atoms with Crippen LogP contribution in [0.3, 0.4) is 0 Å². The van der Waals surface area contributed by atoms with Crippen LogP contribution < -0.4 is 15.8 Å². The molecule has 1 saturated carbocycles. The fraction of sp³-hybridized carbons (Fsp3) is 0.533. The fourth-order valence-electron chi connectivity index (χ4n) is 2.25. The second-order valence-corrected chi connectivity index (χ2v) is 5.45. The molecule has 2 atom stereocenters. The molecule has 1 amide bonds. The van der Waals surface area contributed by atoms with E-state index in [0.29, 0.717) is 17.9 Å². The molecule has 6 heteroatoms. The molecule has 0 radical (unpaired) electrons. The number of hydrogen-bond acceptors (Lipinski definition) is 3. The van der Waals surface area contributed by atoms with E-state index in [9.17, 15) is 13.6 Å². The molecule has 1 aromatic rings. The predicted molar refractivity (Wildman–Crippen MR) is 74.9 cm³/mol. The third kappa shape index (κ3) is 4.97. The third-order valence-corrected chi connectivity index (χ3v) is 3.61. The van der Waals surface area contributed by atoms with Gasteiger partial charge in [-0.3, -0.25) is 4.79 Å². The quantitative estimate of drug-likeness (QED) is 0.813. The van der Waals surface area contributed by atoms with Gasteiger partial charge < -0.3 is 15.8 Å². The van der Waals surface area contributed by atoms with Crippen LogP contribution in [0.15, 0.2) is 24.3 Å². The van der Waals surface area contributed by atoms with Gasteiger partial charge in [0.1, 0.15) is 5.75 Å². The van der Waals surface area contributed by atoms with Gasteiger partial charge in [0.15, 0.2) is 0 Å². The predicted octanol–water partition coefficient (Wildman–Crippen LogP) is 2.59. The van der Waals surface area contributed by atoms with Gasteiger partial charge in [-0.15, -0.1) is 0 Å². The van der Waals surface area contributed by atoms with E-state index < -0.39 is 6.61 Å². The average Bonchev–Trinajstić information content (AvgIpc) is 3.22. The summed E-state index contributed by atoms with van der Waals surface area (Å²) in [5.74, 6) is 0.425. The highest BCUT2D eigenvalue weighted by atomic mass is 19.3. The maximum atomic E-state index is 12.2. The first kappa shape index (κ1) is 15.7. The van der Waals surface area contributed by atoms with Gasteiger partial charge >= 0.3 is 6.61 Å². The Hall–Kier alpha value is -1.69. The van der Waals surface area contributed by atoms with Gasteiger partial charge in [-0.2, -0.15) is 8.78 Å². The van der Waals surface area contributed by atoms with E-state index in [1.54, 1.807) is 19.1 Å². The second kappa shape index (κ2) is 6.85. The molecule has 21 heavy (non-hydrogen) atoms. The monoisotopic (exact) mass is 298 g/mol. The van der Waals surface area contributed by atoms with Crippen molar-refractivity contribution in [2.45, 2.75) is 44.9 Å². The molecule has 3 N–H and O–H groups in total. The standard InChI is InChI=1S/C15H20F2N2O2/c1-9(19-14(20)8-13(18)10-5-6-10)11-3-2-4-12(7-11)21-15(16)17/h2-4,7,9-10,13,15H,5-6,8,18H2,1H3,(H,19,20). The number of rotatable bonds is 7. The Morgan fingerprint density at radius 2 is 2.19 bits per heavy atom. The summed E-state index contributed by atoms with van der Waals surface area (Å²) < 4.78 is 28.7. The van der Waals surface area contributed by atoms with Gasteiger partial charge in [-0.05, 0) is 43.4 Å². The van der Waals surface area contributed by atoms with Crippen molar-refractivity contribution in [2.75, 3.05) is 0 Å². The highest BCUT2D eigenvalue weighted by Gasteiger charge is 2.30. The van der Waals surface area contributed by atoms with Gasteiger partial charge in [0.2, 0.25) is 5.91 Å². The number of ether oxygens (including phenoxy) is 1. The lowest BCUT2D eigenvalue weighted by atomic mass is 10.1. The van der Waals surface area contributed by atoms with Gasteiger partial charge in [-0.1, -0.05) is 12.1 Å². The summed E-state index contributed by atoms with van der Waals surface area (Å²) in [7, 11) is 0. The van der Waals surface area contributed by atoms with Crippen LogP contribution in [-0.2, 0) is 4.79 Å². The zero-order valence-corrected chi connectivity index (χ0v) is 11.9. The summed E-state index contributed by atoms with van der Waals surface area (Å²) in [4.78, 5) is 11.9.